The molecular weight excluding hydrogens is 436 g/mol. The standard InChI is InChI=1S/C21H25F2N7O3/c1-27-7-9-29(10-8-27)6-3-11-33-20-24-17-18(25-26-20)30(21(32)28(2)19(17)31)13-14-4-5-15(22)16(23)12-14/h4-5,12H,3,6-11,13H2,1-2H3. The van der Waals surface area contributed by atoms with Crippen LogP contribution in [0.5, 0.6) is 6.01 Å². The first-order chi connectivity index (χ1) is 15.8. The van der Waals surface area contributed by atoms with Crippen molar-refractivity contribution in [2.24, 2.45) is 7.05 Å². The van der Waals surface area contributed by atoms with Crippen molar-refractivity contribution in [2.45, 2.75) is 13.0 Å². The molecular formula is C21H25F2N7O3. The van der Waals surface area contributed by atoms with Crippen LogP contribution in [-0.2, 0) is 13.6 Å². The van der Waals surface area contributed by atoms with Gasteiger partial charge < -0.3 is 14.5 Å². The van der Waals surface area contributed by atoms with Gasteiger partial charge in [0.15, 0.2) is 22.8 Å². The van der Waals surface area contributed by atoms with Gasteiger partial charge in [-0.15, -0.1) is 5.10 Å². The van der Waals surface area contributed by atoms with Crippen LogP contribution in [0.3, 0.4) is 0 Å². The molecule has 1 aliphatic heterocycles. The van der Waals surface area contributed by atoms with Crippen LogP contribution in [0.1, 0.15) is 12.0 Å². The monoisotopic (exact) mass is 461 g/mol. The Balaban J connectivity index is 1.51. The maximum absolute atomic E-state index is 13.6. The molecule has 3 aromatic rings. The average Bonchev–Trinajstić information content (AvgIpc) is 2.81. The molecule has 0 radical (unpaired) electrons. The van der Waals surface area contributed by atoms with Gasteiger partial charge in [0.2, 0.25) is 0 Å². The Morgan fingerprint density at radius 1 is 1.03 bits per heavy atom. The highest BCUT2D eigenvalue weighted by atomic mass is 19.2. The largest absolute Gasteiger partial charge is 0.462 e. The van der Waals surface area contributed by atoms with Crippen molar-refractivity contribution in [3.63, 3.8) is 0 Å². The number of fused-ring (bicyclic) bond motifs is 1. The third kappa shape index (κ3) is 5.06. The molecule has 0 unspecified atom stereocenters. The Morgan fingerprint density at radius 2 is 1.79 bits per heavy atom. The van der Waals surface area contributed by atoms with Crippen molar-refractivity contribution in [2.75, 3.05) is 46.4 Å². The summed E-state index contributed by atoms with van der Waals surface area (Å²) in [4.78, 5) is 34.1. The van der Waals surface area contributed by atoms with Crippen LogP contribution in [0, 0.1) is 11.6 Å². The van der Waals surface area contributed by atoms with E-state index in [9.17, 15) is 18.4 Å². The predicted molar refractivity (Wildman–Crippen MR) is 116 cm³/mol. The van der Waals surface area contributed by atoms with E-state index in [-0.39, 0.29) is 23.7 Å². The summed E-state index contributed by atoms with van der Waals surface area (Å²) in [6, 6.07) is 3.24. The van der Waals surface area contributed by atoms with Gasteiger partial charge in [-0.2, -0.15) is 4.98 Å². The molecule has 0 N–H and O–H groups in total. The van der Waals surface area contributed by atoms with Gasteiger partial charge in [-0.05, 0) is 31.2 Å². The molecule has 0 atom stereocenters. The zero-order chi connectivity index (χ0) is 23.5. The molecule has 2 aromatic heterocycles. The lowest BCUT2D eigenvalue weighted by molar-refractivity contribution is 0.144. The van der Waals surface area contributed by atoms with Gasteiger partial charge in [0.05, 0.1) is 13.2 Å². The second kappa shape index (κ2) is 9.71. The summed E-state index contributed by atoms with van der Waals surface area (Å²) >= 11 is 0. The van der Waals surface area contributed by atoms with Gasteiger partial charge in [0, 0.05) is 39.8 Å². The van der Waals surface area contributed by atoms with E-state index in [2.05, 4.69) is 32.0 Å². The Morgan fingerprint density at radius 3 is 2.52 bits per heavy atom. The molecule has 0 saturated carbocycles. The summed E-state index contributed by atoms with van der Waals surface area (Å²) in [6.07, 6.45) is 0.763. The molecule has 10 nitrogen and oxygen atoms in total. The Bertz CT molecular complexity index is 1270. The fourth-order valence-corrected chi connectivity index (χ4v) is 3.70. The number of benzene rings is 1. The van der Waals surface area contributed by atoms with E-state index in [0.29, 0.717) is 12.2 Å². The van der Waals surface area contributed by atoms with Gasteiger partial charge in [-0.25, -0.2) is 13.6 Å². The van der Waals surface area contributed by atoms with Crippen LogP contribution < -0.4 is 16.0 Å². The van der Waals surface area contributed by atoms with Gasteiger partial charge in [-0.1, -0.05) is 11.2 Å². The van der Waals surface area contributed by atoms with Crippen molar-refractivity contribution >= 4 is 11.2 Å². The smallest absolute Gasteiger partial charge is 0.336 e. The second-order valence-corrected chi connectivity index (χ2v) is 8.09. The van der Waals surface area contributed by atoms with E-state index in [1.165, 1.54) is 13.1 Å². The van der Waals surface area contributed by atoms with Gasteiger partial charge in [0.25, 0.3) is 5.56 Å². The fraction of sp³-hybridized carbons (Fsp3) is 0.476. The summed E-state index contributed by atoms with van der Waals surface area (Å²) in [6.45, 7) is 5.19. The lowest BCUT2D eigenvalue weighted by Gasteiger charge is -2.32. The molecule has 0 bridgehead atoms. The zero-order valence-corrected chi connectivity index (χ0v) is 18.5. The molecule has 176 valence electrons. The third-order valence-electron chi connectivity index (χ3n) is 5.70. The van der Waals surface area contributed by atoms with Gasteiger partial charge in [0.1, 0.15) is 0 Å². The minimum Gasteiger partial charge on any atom is -0.462 e. The number of hydrogen-bond acceptors (Lipinski definition) is 8. The van der Waals surface area contributed by atoms with E-state index < -0.39 is 22.9 Å². The lowest BCUT2D eigenvalue weighted by atomic mass is 10.2. The van der Waals surface area contributed by atoms with E-state index in [0.717, 1.165) is 60.4 Å². The van der Waals surface area contributed by atoms with Crippen molar-refractivity contribution in [1.29, 1.82) is 0 Å². The first-order valence-corrected chi connectivity index (χ1v) is 10.7. The maximum atomic E-state index is 13.6. The van der Waals surface area contributed by atoms with Crippen LogP contribution in [0.2, 0.25) is 0 Å². The van der Waals surface area contributed by atoms with E-state index >= 15 is 0 Å². The normalized spacial score (nSPS) is 15.3. The van der Waals surface area contributed by atoms with E-state index in [1.807, 2.05) is 0 Å². The lowest BCUT2D eigenvalue weighted by Crippen LogP contribution is -2.44. The SMILES string of the molecule is CN1CCN(CCCOc2nnc3c(n2)c(=O)n(C)c(=O)n3Cc2ccc(F)c(F)c2)CC1. The molecule has 12 heteroatoms. The number of piperazine rings is 1. The van der Waals surface area contributed by atoms with E-state index in [1.54, 1.807) is 0 Å². The molecule has 0 amide bonds. The first kappa shape index (κ1) is 22.9. The second-order valence-electron chi connectivity index (χ2n) is 8.09. The molecule has 1 fully saturated rings. The summed E-state index contributed by atoms with van der Waals surface area (Å²) in [7, 11) is 3.41. The molecule has 1 aromatic carbocycles. The van der Waals surface area contributed by atoms with Crippen LogP contribution in [0.4, 0.5) is 8.78 Å². The van der Waals surface area contributed by atoms with Crippen LogP contribution in [0.15, 0.2) is 27.8 Å². The number of hydrogen-bond donors (Lipinski definition) is 0. The quantitative estimate of drug-likeness (QED) is 0.461. The third-order valence-corrected chi connectivity index (χ3v) is 5.70. The zero-order valence-electron chi connectivity index (χ0n) is 18.5. The van der Waals surface area contributed by atoms with E-state index in [4.69, 9.17) is 4.74 Å². The van der Waals surface area contributed by atoms with Crippen molar-refractivity contribution in [3.8, 4) is 6.01 Å². The topological polar surface area (TPSA) is 98.4 Å². The molecule has 3 heterocycles. The fourth-order valence-electron chi connectivity index (χ4n) is 3.70. The molecule has 1 saturated heterocycles. The molecule has 1 aliphatic rings. The van der Waals surface area contributed by atoms with Crippen molar-refractivity contribution in [1.82, 2.24) is 34.1 Å². The predicted octanol–water partition coefficient (Wildman–Crippen LogP) is 0.228. The minimum atomic E-state index is -1.04. The highest BCUT2D eigenvalue weighted by Gasteiger charge is 2.17. The highest BCUT2D eigenvalue weighted by Crippen LogP contribution is 2.12. The Labute approximate surface area is 188 Å². The Kier molecular flexibility index (Phi) is 6.75. The maximum Gasteiger partial charge on any atom is 0.336 e. The number of aromatic nitrogens is 5. The molecule has 33 heavy (non-hydrogen) atoms. The molecule has 4 rings (SSSR count). The number of likely N-dealkylation sites (N-methyl/N-ethyl adjacent to an activating group) is 1. The van der Waals surface area contributed by atoms with Crippen LogP contribution in [-0.4, -0.2) is 80.5 Å². The minimum absolute atomic E-state index is 0.0578. The van der Waals surface area contributed by atoms with Gasteiger partial charge in [-0.3, -0.25) is 13.9 Å². The highest BCUT2D eigenvalue weighted by molar-refractivity contribution is 5.68. The Hall–Kier alpha value is -3.25. The van der Waals surface area contributed by atoms with Crippen LogP contribution in [0.25, 0.3) is 11.2 Å². The van der Waals surface area contributed by atoms with Gasteiger partial charge >= 0.3 is 11.7 Å². The number of ether oxygens (including phenoxy) is 1. The summed E-state index contributed by atoms with van der Waals surface area (Å²) in [5.41, 5.74) is -1.15. The first-order valence-electron chi connectivity index (χ1n) is 10.7. The van der Waals surface area contributed by atoms with Crippen LogP contribution >= 0.6 is 0 Å². The number of rotatable bonds is 7. The number of halogens is 2. The average molecular weight is 461 g/mol. The summed E-state index contributed by atoms with van der Waals surface area (Å²) in [5.74, 6) is -2.03. The van der Waals surface area contributed by atoms with Crippen molar-refractivity contribution < 1.29 is 13.5 Å². The molecule has 0 spiro atoms. The van der Waals surface area contributed by atoms with Crippen molar-refractivity contribution in [3.05, 3.63) is 56.2 Å². The summed E-state index contributed by atoms with van der Waals surface area (Å²) < 4.78 is 34.4. The summed E-state index contributed by atoms with van der Waals surface area (Å²) in [5, 5.41) is 7.89. The number of nitrogens with zero attached hydrogens (tertiary/aromatic N) is 7. The molecule has 0 aliphatic carbocycles.